The molecule has 0 aliphatic carbocycles. The predicted octanol–water partition coefficient (Wildman–Crippen LogP) is 2.51. The number of nitrogens with zero attached hydrogens (tertiary/aromatic N) is 1. The van der Waals surface area contributed by atoms with Gasteiger partial charge in [0.2, 0.25) is 10.0 Å². The monoisotopic (exact) mass is 312 g/mol. The number of nitrogens with one attached hydrogen (secondary N) is 1. The molecule has 0 radical (unpaired) electrons. The van der Waals surface area contributed by atoms with Crippen molar-refractivity contribution in [2.24, 2.45) is 0 Å². The smallest absolute Gasteiger partial charge is 0.212 e. The van der Waals surface area contributed by atoms with Crippen LogP contribution in [0, 0.1) is 11.3 Å². The highest BCUT2D eigenvalue weighted by atomic mass is 32.2. The summed E-state index contributed by atoms with van der Waals surface area (Å²) < 4.78 is 26.7. The molecule has 1 N–H and O–H groups in total. The number of nitriles is 1. The van der Waals surface area contributed by atoms with Gasteiger partial charge >= 0.3 is 0 Å². The van der Waals surface area contributed by atoms with Crippen molar-refractivity contribution in [3.8, 4) is 6.07 Å². The third kappa shape index (κ3) is 6.42. The molecule has 0 saturated carbocycles. The molecule has 1 rings (SSSR count). The fourth-order valence-electron chi connectivity index (χ4n) is 1.71. The number of rotatable bonds is 8. The summed E-state index contributed by atoms with van der Waals surface area (Å²) in [6.45, 7) is 3.97. The van der Waals surface area contributed by atoms with Crippen LogP contribution in [-0.2, 0) is 15.8 Å². The van der Waals surface area contributed by atoms with Gasteiger partial charge < -0.3 is 0 Å². The average Bonchev–Trinajstić information content (AvgIpc) is 2.38. The largest absolute Gasteiger partial charge is 0.216 e. The summed E-state index contributed by atoms with van der Waals surface area (Å²) in [5, 5.41) is 8.70. The maximum Gasteiger partial charge on any atom is 0.216 e. The van der Waals surface area contributed by atoms with E-state index in [4.69, 9.17) is 5.26 Å². The minimum atomic E-state index is -3.33. The van der Waals surface area contributed by atoms with Crippen molar-refractivity contribution in [2.75, 3.05) is 11.5 Å². The van der Waals surface area contributed by atoms with E-state index in [0.717, 1.165) is 17.9 Å². The van der Waals surface area contributed by atoms with Gasteiger partial charge in [-0.15, -0.1) is 0 Å². The third-order valence-corrected chi connectivity index (χ3v) is 5.13. The number of hydrogen-bond donors (Lipinski definition) is 1. The molecule has 1 unspecified atom stereocenters. The van der Waals surface area contributed by atoms with Crippen LogP contribution in [0.15, 0.2) is 24.3 Å². The Labute approximate surface area is 125 Å². The predicted molar refractivity (Wildman–Crippen MR) is 84.0 cm³/mol. The van der Waals surface area contributed by atoms with Gasteiger partial charge in [0.1, 0.15) is 0 Å². The Balaban J connectivity index is 2.54. The summed E-state index contributed by atoms with van der Waals surface area (Å²) in [4.78, 5) is 0. The average molecular weight is 312 g/mol. The van der Waals surface area contributed by atoms with Crippen LogP contribution >= 0.6 is 11.8 Å². The first-order valence-electron chi connectivity index (χ1n) is 6.53. The molecule has 4 nitrogen and oxygen atoms in total. The molecule has 0 saturated heterocycles. The van der Waals surface area contributed by atoms with Crippen molar-refractivity contribution < 1.29 is 8.42 Å². The second-order valence-corrected chi connectivity index (χ2v) is 7.72. The third-order valence-electron chi connectivity index (χ3n) is 2.72. The lowest BCUT2D eigenvalue weighted by Crippen LogP contribution is -2.33. The van der Waals surface area contributed by atoms with Gasteiger partial charge in [-0.05, 0) is 42.5 Å². The van der Waals surface area contributed by atoms with Crippen LogP contribution in [0.3, 0.4) is 0 Å². The van der Waals surface area contributed by atoms with Gasteiger partial charge in [-0.25, -0.2) is 13.1 Å². The van der Waals surface area contributed by atoms with Gasteiger partial charge in [0, 0.05) is 6.04 Å². The zero-order valence-corrected chi connectivity index (χ0v) is 13.4. The van der Waals surface area contributed by atoms with Gasteiger partial charge in [0.25, 0.3) is 0 Å². The fraction of sp³-hybridized carbons (Fsp3) is 0.500. The Morgan fingerprint density at radius 1 is 1.35 bits per heavy atom. The molecular weight excluding hydrogens is 292 g/mol. The Morgan fingerprint density at radius 2 is 2.00 bits per heavy atom. The van der Waals surface area contributed by atoms with Crippen molar-refractivity contribution in [2.45, 2.75) is 32.1 Å². The van der Waals surface area contributed by atoms with Crippen LogP contribution in [0.5, 0.6) is 0 Å². The number of thioether (sulfide) groups is 1. The maximum atomic E-state index is 12.0. The van der Waals surface area contributed by atoms with Crippen molar-refractivity contribution in [1.29, 1.82) is 5.26 Å². The molecule has 0 spiro atoms. The lowest BCUT2D eigenvalue weighted by molar-refractivity contribution is 0.556. The summed E-state index contributed by atoms with van der Waals surface area (Å²) in [6.07, 6.45) is 0.825. The van der Waals surface area contributed by atoms with Crippen LogP contribution in [0.1, 0.15) is 31.4 Å². The molecule has 0 bridgehead atoms. The Kier molecular flexibility index (Phi) is 7.06. The zero-order valence-electron chi connectivity index (χ0n) is 11.8. The molecule has 0 aromatic heterocycles. The van der Waals surface area contributed by atoms with Gasteiger partial charge in [0.15, 0.2) is 0 Å². The summed E-state index contributed by atoms with van der Waals surface area (Å²) in [7, 11) is -3.33. The van der Waals surface area contributed by atoms with E-state index in [1.165, 1.54) is 0 Å². The van der Waals surface area contributed by atoms with Gasteiger partial charge in [-0.1, -0.05) is 19.1 Å². The summed E-state index contributed by atoms with van der Waals surface area (Å²) in [5.74, 6) is 1.95. The number of sulfonamides is 1. The molecule has 20 heavy (non-hydrogen) atoms. The highest BCUT2D eigenvalue weighted by Crippen LogP contribution is 2.09. The normalized spacial score (nSPS) is 12.8. The second-order valence-electron chi connectivity index (χ2n) is 4.57. The van der Waals surface area contributed by atoms with Gasteiger partial charge in [-0.3, -0.25) is 0 Å². The summed E-state index contributed by atoms with van der Waals surface area (Å²) >= 11 is 1.81. The Morgan fingerprint density at radius 3 is 2.55 bits per heavy atom. The minimum absolute atomic E-state index is 0.0516. The van der Waals surface area contributed by atoms with Crippen LogP contribution in [0.4, 0.5) is 0 Å². The van der Waals surface area contributed by atoms with E-state index < -0.39 is 10.0 Å². The first-order valence-corrected chi connectivity index (χ1v) is 9.34. The highest BCUT2D eigenvalue weighted by Gasteiger charge is 2.15. The molecule has 1 aromatic carbocycles. The minimum Gasteiger partial charge on any atom is -0.212 e. The lowest BCUT2D eigenvalue weighted by atomic mass is 10.2. The molecule has 110 valence electrons. The fourth-order valence-corrected chi connectivity index (χ4v) is 3.96. The standard InChI is InChI=1S/C14H20N2O2S2/c1-3-19-9-8-12(2)16-20(17,18)11-14-6-4-13(10-15)5-7-14/h4-7,12,16H,3,8-9,11H2,1-2H3. The van der Waals surface area contributed by atoms with Gasteiger partial charge in [-0.2, -0.15) is 17.0 Å². The van der Waals surface area contributed by atoms with Crippen LogP contribution in [0.2, 0.25) is 0 Å². The van der Waals surface area contributed by atoms with Gasteiger partial charge in [0.05, 0.1) is 17.4 Å². The van der Waals surface area contributed by atoms with E-state index in [1.54, 1.807) is 36.0 Å². The van der Waals surface area contributed by atoms with Crippen LogP contribution in [-0.4, -0.2) is 26.0 Å². The molecule has 0 amide bonds. The molecule has 0 heterocycles. The molecule has 1 aromatic rings. The van der Waals surface area contributed by atoms with Crippen molar-refractivity contribution in [3.63, 3.8) is 0 Å². The van der Waals surface area contributed by atoms with E-state index in [1.807, 2.05) is 13.0 Å². The molecule has 1 atom stereocenters. The quantitative estimate of drug-likeness (QED) is 0.749. The van der Waals surface area contributed by atoms with Crippen molar-refractivity contribution >= 4 is 21.8 Å². The van der Waals surface area contributed by atoms with Crippen molar-refractivity contribution in [3.05, 3.63) is 35.4 Å². The Bertz CT molecular complexity index is 548. The lowest BCUT2D eigenvalue weighted by Gasteiger charge is -2.14. The van der Waals surface area contributed by atoms with Crippen LogP contribution < -0.4 is 4.72 Å². The van der Waals surface area contributed by atoms with E-state index in [-0.39, 0.29) is 11.8 Å². The highest BCUT2D eigenvalue weighted by molar-refractivity contribution is 7.99. The van der Waals surface area contributed by atoms with Crippen LogP contribution in [0.25, 0.3) is 0 Å². The molecular formula is C14H20N2O2S2. The Hall–Kier alpha value is -1.03. The summed E-state index contributed by atoms with van der Waals surface area (Å²) in [6, 6.07) is 8.57. The SMILES string of the molecule is CCSCCC(C)NS(=O)(=O)Cc1ccc(C#N)cc1. The molecule has 0 fully saturated rings. The first kappa shape index (κ1) is 17.0. The molecule has 6 heteroatoms. The molecule has 0 aliphatic rings. The molecule has 0 aliphatic heterocycles. The van der Waals surface area contributed by atoms with Crippen molar-refractivity contribution in [1.82, 2.24) is 4.72 Å². The number of hydrogen-bond acceptors (Lipinski definition) is 4. The second kappa shape index (κ2) is 8.30. The van der Waals surface area contributed by atoms with E-state index in [9.17, 15) is 8.42 Å². The summed E-state index contributed by atoms with van der Waals surface area (Å²) in [5.41, 5.74) is 1.22. The van der Waals surface area contributed by atoms with E-state index >= 15 is 0 Å². The van der Waals surface area contributed by atoms with E-state index in [0.29, 0.717) is 11.1 Å². The zero-order chi connectivity index (χ0) is 15.0. The topological polar surface area (TPSA) is 70.0 Å². The number of benzene rings is 1. The maximum absolute atomic E-state index is 12.0. The van der Waals surface area contributed by atoms with E-state index in [2.05, 4.69) is 11.6 Å². The first-order chi connectivity index (χ1) is 9.46.